The van der Waals surface area contributed by atoms with Gasteiger partial charge in [0, 0.05) is 77.3 Å². The van der Waals surface area contributed by atoms with E-state index in [0.717, 1.165) is 99.5 Å². The highest BCUT2D eigenvalue weighted by molar-refractivity contribution is 6.26. The number of nitrogens with zero attached hydrogens (tertiary/aromatic N) is 5. The smallest absolute Gasteiger partial charge is 0.261 e. The molecule has 2 aromatic carbocycles. The van der Waals surface area contributed by atoms with Crippen molar-refractivity contribution in [3.05, 3.63) is 65.5 Å². The molecule has 314 valence electrons. The number of hydrogen-bond donors (Lipinski definition) is 2. The molecular formula is C47H59N5O7. The van der Waals surface area contributed by atoms with Gasteiger partial charge in [0.1, 0.15) is 0 Å². The maximum atomic E-state index is 14.0. The highest BCUT2D eigenvalue weighted by Gasteiger charge is 2.81. The van der Waals surface area contributed by atoms with Crippen LogP contribution in [0.1, 0.15) is 117 Å². The molecule has 2 N–H and O–H groups in total. The summed E-state index contributed by atoms with van der Waals surface area (Å²) in [5.74, 6) is -1.22. The highest BCUT2D eigenvalue weighted by Crippen LogP contribution is 2.75. The van der Waals surface area contributed by atoms with Crippen molar-refractivity contribution in [2.45, 2.75) is 128 Å². The molecular weight excluding hydrogens is 747 g/mol. The van der Waals surface area contributed by atoms with E-state index in [0.29, 0.717) is 42.7 Å². The molecule has 7 fully saturated rings. The molecule has 9 atom stereocenters. The lowest BCUT2D eigenvalue weighted by Gasteiger charge is -2.72. The molecule has 8 aliphatic rings. The van der Waals surface area contributed by atoms with Crippen LogP contribution < -0.4 is 4.90 Å². The Morgan fingerprint density at radius 3 is 2.51 bits per heavy atom. The number of piperidine rings is 1. The lowest BCUT2D eigenvalue weighted by Crippen LogP contribution is -2.78. The summed E-state index contributed by atoms with van der Waals surface area (Å²) in [5.41, 5.74) is 1.91. The number of fused-ring (bicyclic) bond motifs is 2. The zero-order chi connectivity index (χ0) is 40.8. The van der Waals surface area contributed by atoms with E-state index in [1.807, 2.05) is 36.5 Å². The minimum atomic E-state index is -1.13. The Balaban J connectivity index is 0.723. The number of ketones is 1. The Labute approximate surface area is 346 Å². The number of aliphatic hydroxyl groups excluding tert-OH is 2. The largest absolute Gasteiger partial charge is 0.393 e. The number of imide groups is 1. The third-order valence-corrected chi connectivity index (χ3v) is 16.1. The van der Waals surface area contributed by atoms with E-state index < -0.39 is 47.3 Å². The minimum Gasteiger partial charge on any atom is -0.393 e. The fourth-order valence-electron chi connectivity index (χ4n) is 13.5. The summed E-state index contributed by atoms with van der Waals surface area (Å²) in [6.07, 6.45) is 11.3. The molecule has 4 aliphatic carbocycles. The molecule has 12 heteroatoms. The topological polar surface area (TPSA) is 147 Å². The predicted octanol–water partition coefficient (Wildman–Crippen LogP) is 6.26. The molecule has 4 saturated carbocycles. The van der Waals surface area contributed by atoms with Crippen LogP contribution in [0.25, 0.3) is 10.8 Å². The summed E-state index contributed by atoms with van der Waals surface area (Å²) in [6.45, 7) is 11.8. The molecule has 2 amide bonds. The van der Waals surface area contributed by atoms with Gasteiger partial charge in [-0.15, -0.1) is 5.10 Å². The van der Waals surface area contributed by atoms with Gasteiger partial charge in [0.05, 0.1) is 36.0 Å². The molecule has 12 nitrogen and oxygen atoms in total. The second-order valence-electron chi connectivity index (χ2n) is 19.5. The number of anilines is 1. The molecule has 59 heavy (non-hydrogen) atoms. The van der Waals surface area contributed by atoms with Crippen LogP contribution in [-0.2, 0) is 27.2 Å². The average Bonchev–Trinajstić information content (AvgIpc) is 3.73. The summed E-state index contributed by atoms with van der Waals surface area (Å²) in [6, 6.07) is 9.73. The first kappa shape index (κ1) is 39.2. The number of ether oxygens (including phenoxy) is 2. The molecule has 2 spiro atoms. The van der Waals surface area contributed by atoms with Crippen molar-refractivity contribution in [3.8, 4) is 0 Å². The van der Waals surface area contributed by atoms with Crippen molar-refractivity contribution in [3.63, 3.8) is 0 Å². The van der Waals surface area contributed by atoms with Crippen molar-refractivity contribution in [1.29, 1.82) is 0 Å². The van der Waals surface area contributed by atoms with Crippen molar-refractivity contribution in [2.24, 2.45) is 34.0 Å². The number of aryl methyl sites for hydroxylation is 1. The van der Waals surface area contributed by atoms with Crippen LogP contribution in [0.5, 0.6) is 0 Å². The van der Waals surface area contributed by atoms with Gasteiger partial charge in [0.15, 0.2) is 12.1 Å². The molecule has 4 bridgehead atoms. The second kappa shape index (κ2) is 14.6. The molecule has 1 aromatic heterocycles. The standard InChI is InChI=1S/C47H59N5O7/c1-28-33-25-35(53)39-46-19-12-18-45(2,3)36(46)26-37(47(39,40(28)54)41(33)55)59-44(46)58-24-10-5-4-7-13-29-27-51(49-48-29)22-23-52-42(56)31-15-11-14-30-34(50-20-8-6-9-21-50)17-16-32(38(30)31)43(52)57/h11,14-17,27,33,35-37,39,41,44,53,55H,1,4-10,12-13,18-26H2,2-3H3/t33-,35-,36+,37+,39-,41+,44+,46-,47+/m0/s1. The van der Waals surface area contributed by atoms with E-state index in [2.05, 4.69) is 35.6 Å². The van der Waals surface area contributed by atoms with Crippen LogP contribution in [0.15, 0.2) is 48.7 Å². The SMILES string of the molecule is C=C1C(=O)[C@]23[C@H](O)[C@H]1C[C@H](O)[C@H]2[C@]12CCCC(C)(C)[C@H]1C[C@H]3O[C@H]2OCCCCCCc1cn(CCN2C(=O)c3cccc4c(N5CCCCC5)ccc(c34)C2=O)nn1. The molecule has 3 aromatic rings. The fourth-order valence-corrected chi connectivity index (χ4v) is 13.5. The van der Waals surface area contributed by atoms with E-state index in [-0.39, 0.29) is 35.5 Å². The molecule has 0 radical (unpaired) electrons. The molecule has 11 rings (SSSR count). The van der Waals surface area contributed by atoms with Crippen molar-refractivity contribution >= 4 is 34.1 Å². The fraction of sp³-hybridized carbons (Fsp3) is 0.638. The maximum absolute atomic E-state index is 14.0. The molecule has 0 unspecified atom stereocenters. The summed E-state index contributed by atoms with van der Waals surface area (Å²) < 4.78 is 15.2. The quantitative estimate of drug-likeness (QED) is 0.122. The normalized spacial score (nSPS) is 34.5. The first-order valence-electron chi connectivity index (χ1n) is 22.4. The Bertz CT molecular complexity index is 2170. The zero-order valence-corrected chi connectivity index (χ0v) is 34.6. The van der Waals surface area contributed by atoms with Crippen LogP contribution in [0.3, 0.4) is 0 Å². The van der Waals surface area contributed by atoms with E-state index in [1.54, 1.807) is 4.68 Å². The van der Waals surface area contributed by atoms with Gasteiger partial charge in [-0.2, -0.15) is 0 Å². The monoisotopic (exact) mass is 805 g/mol. The number of benzene rings is 2. The van der Waals surface area contributed by atoms with Crippen LogP contribution in [0.4, 0.5) is 5.69 Å². The third-order valence-electron chi connectivity index (χ3n) is 16.1. The summed E-state index contributed by atoms with van der Waals surface area (Å²) in [4.78, 5) is 45.2. The van der Waals surface area contributed by atoms with E-state index in [9.17, 15) is 24.6 Å². The number of carbonyl (C=O) groups is 3. The molecule has 5 heterocycles. The van der Waals surface area contributed by atoms with E-state index >= 15 is 0 Å². The van der Waals surface area contributed by atoms with Gasteiger partial charge < -0.3 is 24.6 Å². The Hall–Kier alpha value is -3.97. The number of carbonyl (C=O) groups excluding carboxylic acids is 3. The average molecular weight is 806 g/mol. The predicted molar refractivity (Wildman–Crippen MR) is 221 cm³/mol. The van der Waals surface area contributed by atoms with Crippen molar-refractivity contribution in [1.82, 2.24) is 19.9 Å². The van der Waals surface area contributed by atoms with Crippen molar-refractivity contribution < 1.29 is 34.1 Å². The lowest BCUT2D eigenvalue weighted by molar-refractivity contribution is -0.402. The van der Waals surface area contributed by atoms with Crippen LogP contribution in [0.2, 0.25) is 0 Å². The first-order chi connectivity index (χ1) is 28.5. The van der Waals surface area contributed by atoms with Crippen LogP contribution in [0, 0.1) is 34.0 Å². The highest BCUT2D eigenvalue weighted by atomic mass is 16.7. The Kier molecular flexibility index (Phi) is 9.69. The maximum Gasteiger partial charge on any atom is 0.261 e. The summed E-state index contributed by atoms with van der Waals surface area (Å²) in [7, 11) is 0. The number of aliphatic hydroxyl groups is 2. The van der Waals surface area contributed by atoms with E-state index in [4.69, 9.17) is 9.47 Å². The zero-order valence-electron chi connectivity index (χ0n) is 34.6. The van der Waals surface area contributed by atoms with Crippen molar-refractivity contribution in [2.75, 3.05) is 31.1 Å². The van der Waals surface area contributed by atoms with E-state index in [1.165, 1.54) is 11.3 Å². The van der Waals surface area contributed by atoms with Crippen LogP contribution >= 0.6 is 0 Å². The number of Topliss-reactive ketones (excluding diaryl/α,β-unsaturated/α-hetero) is 1. The van der Waals surface area contributed by atoms with Gasteiger partial charge in [-0.3, -0.25) is 24.0 Å². The number of amides is 2. The first-order valence-corrected chi connectivity index (χ1v) is 22.4. The van der Waals surface area contributed by atoms with Gasteiger partial charge >= 0.3 is 0 Å². The van der Waals surface area contributed by atoms with Gasteiger partial charge in [-0.1, -0.05) is 57.0 Å². The van der Waals surface area contributed by atoms with Gasteiger partial charge in [-0.05, 0) is 99.3 Å². The number of unbranched alkanes of at least 4 members (excludes halogenated alkanes) is 3. The third kappa shape index (κ3) is 5.78. The van der Waals surface area contributed by atoms with Gasteiger partial charge in [0.25, 0.3) is 11.8 Å². The molecule has 3 saturated heterocycles. The summed E-state index contributed by atoms with van der Waals surface area (Å²) in [5, 5.41) is 33.9. The number of aromatic nitrogens is 3. The second-order valence-corrected chi connectivity index (χ2v) is 19.5. The number of rotatable bonds is 12. The lowest BCUT2D eigenvalue weighted by atomic mass is 9.37. The minimum absolute atomic E-state index is 0.00645. The Morgan fingerprint density at radius 2 is 1.69 bits per heavy atom. The summed E-state index contributed by atoms with van der Waals surface area (Å²) >= 11 is 0. The van der Waals surface area contributed by atoms with Gasteiger partial charge in [0.2, 0.25) is 0 Å². The van der Waals surface area contributed by atoms with Gasteiger partial charge in [-0.25, -0.2) is 0 Å². The molecule has 4 aliphatic heterocycles. The Morgan fingerprint density at radius 1 is 0.915 bits per heavy atom. The number of hydrogen-bond acceptors (Lipinski definition) is 10. The van der Waals surface area contributed by atoms with Crippen LogP contribution in [-0.4, -0.2) is 98.5 Å².